The number of benzene rings is 1. The smallest absolute Gasteiger partial charge is 0.276 e. The Morgan fingerprint density at radius 1 is 1.32 bits per heavy atom. The van der Waals surface area contributed by atoms with Gasteiger partial charge in [0.1, 0.15) is 11.9 Å². The zero-order chi connectivity index (χ0) is 22.1. The summed E-state index contributed by atoms with van der Waals surface area (Å²) in [4.78, 5) is 29.0. The third-order valence-corrected chi connectivity index (χ3v) is 6.54. The van der Waals surface area contributed by atoms with Crippen molar-refractivity contribution in [1.29, 1.82) is 0 Å². The topological polar surface area (TPSA) is 75.4 Å². The number of hydrogen-bond acceptors (Lipinski definition) is 5. The van der Waals surface area contributed by atoms with Gasteiger partial charge in [0.05, 0.1) is 6.04 Å². The molecule has 1 aliphatic rings. The predicted octanol–water partition coefficient (Wildman–Crippen LogP) is 4.58. The van der Waals surface area contributed by atoms with Crippen molar-refractivity contribution >= 4 is 23.2 Å². The molecule has 1 N–H and O–H groups in total. The second-order valence-corrected chi connectivity index (χ2v) is 9.16. The molecule has 6 nitrogen and oxygen atoms in total. The highest BCUT2D eigenvalue weighted by molar-refractivity contribution is 7.10. The fourth-order valence-corrected chi connectivity index (χ4v) is 4.82. The summed E-state index contributed by atoms with van der Waals surface area (Å²) in [6.07, 6.45) is 0.552. The number of carbonyl (C=O) groups is 2. The van der Waals surface area contributed by atoms with Crippen molar-refractivity contribution in [3.05, 3.63) is 63.7 Å². The number of halogens is 1. The van der Waals surface area contributed by atoms with Gasteiger partial charge in [0.15, 0.2) is 11.5 Å². The minimum Gasteiger partial charge on any atom is -0.355 e. The average molecular weight is 442 g/mol. The molecular weight excluding hydrogens is 417 g/mol. The van der Waals surface area contributed by atoms with Crippen molar-refractivity contribution in [2.75, 3.05) is 6.54 Å². The molecule has 0 bridgehead atoms. The van der Waals surface area contributed by atoms with Crippen LogP contribution in [0.4, 0.5) is 4.39 Å². The highest BCUT2D eigenvalue weighted by Crippen LogP contribution is 2.31. The minimum atomic E-state index is -0.574. The number of piperazine rings is 1. The van der Waals surface area contributed by atoms with E-state index in [1.54, 1.807) is 34.4 Å². The second kappa shape index (κ2) is 8.63. The van der Waals surface area contributed by atoms with E-state index in [1.165, 1.54) is 12.1 Å². The molecule has 1 aliphatic heterocycles. The molecular formula is C23H24FN3O3S. The first-order chi connectivity index (χ1) is 14.8. The second-order valence-electron chi connectivity index (χ2n) is 8.22. The maximum atomic E-state index is 13.4. The van der Waals surface area contributed by atoms with Crippen LogP contribution in [0, 0.1) is 18.7 Å². The van der Waals surface area contributed by atoms with Crippen LogP contribution in [0.2, 0.25) is 0 Å². The molecule has 2 atom stereocenters. The summed E-state index contributed by atoms with van der Waals surface area (Å²) in [5.41, 5.74) is 1.84. The Morgan fingerprint density at radius 3 is 2.71 bits per heavy atom. The van der Waals surface area contributed by atoms with Gasteiger partial charge in [0, 0.05) is 23.1 Å². The third-order valence-electron chi connectivity index (χ3n) is 5.41. The van der Waals surface area contributed by atoms with Crippen LogP contribution in [0.5, 0.6) is 0 Å². The maximum Gasteiger partial charge on any atom is 0.276 e. The molecule has 4 rings (SSSR count). The zero-order valence-electron chi connectivity index (χ0n) is 17.6. The SMILES string of the molecule is Cc1ccsc1[C@H]1CN(C(=O)c2cc(-c3ccc(F)cc3)on2)[C@@H](CC(C)C)C(=O)N1. The lowest BCUT2D eigenvalue weighted by atomic mass is 9.96. The molecule has 0 aliphatic carbocycles. The van der Waals surface area contributed by atoms with E-state index in [4.69, 9.17) is 4.52 Å². The van der Waals surface area contributed by atoms with Crippen molar-refractivity contribution in [3.8, 4) is 11.3 Å². The van der Waals surface area contributed by atoms with E-state index in [-0.39, 0.29) is 35.3 Å². The van der Waals surface area contributed by atoms with Crippen molar-refractivity contribution in [1.82, 2.24) is 15.4 Å². The molecule has 2 aromatic heterocycles. The quantitative estimate of drug-likeness (QED) is 0.629. The van der Waals surface area contributed by atoms with Crippen LogP contribution in [-0.4, -0.2) is 34.5 Å². The fraction of sp³-hybridized carbons (Fsp3) is 0.348. The molecule has 0 unspecified atom stereocenters. The van der Waals surface area contributed by atoms with Crippen molar-refractivity contribution in [3.63, 3.8) is 0 Å². The van der Waals surface area contributed by atoms with E-state index in [9.17, 15) is 14.0 Å². The molecule has 3 aromatic rings. The van der Waals surface area contributed by atoms with E-state index in [2.05, 4.69) is 10.5 Å². The number of rotatable bonds is 5. The molecule has 1 aromatic carbocycles. The largest absolute Gasteiger partial charge is 0.355 e. The van der Waals surface area contributed by atoms with Gasteiger partial charge < -0.3 is 14.7 Å². The molecule has 0 spiro atoms. The number of carbonyl (C=O) groups excluding carboxylic acids is 2. The summed E-state index contributed by atoms with van der Waals surface area (Å²) in [6, 6.07) is 8.48. The maximum absolute atomic E-state index is 13.4. The third kappa shape index (κ3) is 4.39. The number of hydrogen-bond donors (Lipinski definition) is 1. The number of aromatic nitrogens is 1. The number of nitrogens with one attached hydrogen (secondary N) is 1. The Hall–Kier alpha value is -3.00. The van der Waals surface area contributed by atoms with Crippen LogP contribution in [-0.2, 0) is 4.79 Å². The number of aryl methyl sites for hydroxylation is 1. The van der Waals surface area contributed by atoms with Crippen LogP contribution in [0.1, 0.15) is 47.2 Å². The first kappa shape index (κ1) is 21.2. The number of thiophene rings is 1. The van der Waals surface area contributed by atoms with E-state index >= 15 is 0 Å². The summed E-state index contributed by atoms with van der Waals surface area (Å²) in [6.45, 7) is 6.40. The van der Waals surface area contributed by atoms with Gasteiger partial charge in [-0.05, 0) is 60.5 Å². The van der Waals surface area contributed by atoms with Gasteiger partial charge in [-0.3, -0.25) is 9.59 Å². The molecule has 2 amide bonds. The Morgan fingerprint density at radius 2 is 2.06 bits per heavy atom. The van der Waals surface area contributed by atoms with Crippen LogP contribution >= 0.6 is 11.3 Å². The van der Waals surface area contributed by atoms with Gasteiger partial charge in [-0.25, -0.2) is 4.39 Å². The minimum absolute atomic E-state index is 0.129. The van der Waals surface area contributed by atoms with E-state index < -0.39 is 6.04 Å². The fourth-order valence-electron chi connectivity index (χ4n) is 3.85. The van der Waals surface area contributed by atoms with Crippen LogP contribution in [0.25, 0.3) is 11.3 Å². The normalized spacial score (nSPS) is 19.0. The predicted molar refractivity (Wildman–Crippen MR) is 116 cm³/mol. The molecule has 162 valence electrons. The summed E-state index contributed by atoms with van der Waals surface area (Å²) < 4.78 is 18.5. The zero-order valence-corrected chi connectivity index (χ0v) is 18.4. The van der Waals surface area contributed by atoms with Gasteiger partial charge in [-0.1, -0.05) is 19.0 Å². The van der Waals surface area contributed by atoms with Gasteiger partial charge in [0.25, 0.3) is 5.91 Å². The Balaban J connectivity index is 1.63. The molecule has 3 heterocycles. The van der Waals surface area contributed by atoms with Gasteiger partial charge in [-0.15, -0.1) is 11.3 Å². The monoisotopic (exact) mass is 441 g/mol. The molecule has 0 radical (unpaired) electrons. The lowest BCUT2D eigenvalue weighted by Gasteiger charge is -2.39. The lowest BCUT2D eigenvalue weighted by Crippen LogP contribution is -2.58. The van der Waals surface area contributed by atoms with Crippen LogP contribution < -0.4 is 5.32 Å². The standard InChI is InChI=1S/C23H24FN3O3S/c1-13(2)10-19-22(28)25-18(21-14(3)8-9-31-21)12-27(19)23(29)17-11-20(30-26-17)15-4-6-16(24)7-5-15/h4-9,11,13,18-19H,10,12H2,1-3H3,(H,25,28)/t18-,19+/m1/s1. The summed E-state index contributed by atoms with van der Waals surface area (Å²) in [5, 5.41) is 9.01. The summed E-state index contributed by atoms with van der Waals surface area (Å²) >= 11 is 1.57. The molecule has 8 heteroatoms. The van der Waals surface area contributed by atoms with Crippen LogP contribution in [0.15, 0.2) is 46.3 Å². The molecule has 0 saturated carbocycles. The van der Waals surface area contributed by atoms with Crippen molar-refractivity contribution in [2.45, 2.75) is 39.3 Å². The Kier molecular flexibility index (Phi) is 5.91. The highest BCUT2D eigenvalue weighted by Gasteiger charge is 2.40. The average Bonchev–Trinajstić information content (AvgIpc) is 3.38. The van der Waals surface area contributed by atoms with Crippen molar-refractivity contribution < 1.29 is 18.5 Å². The number of nitrogens with zero attached hydrogens (tertiary/aromatic N) is 2. The molecule has 31 heavy (non-hydrogen) atoms. The first-order valence-corrected chi connectivity index (χ1v) is 11.1. The van der Waals surface area contributed by atoms with Gasteiger partial charge in [0.2, 0.25) is 5.91 Å². The van der Waals surface area contributed by atoms with E-state index in [1.807, 2.05) is 32.2 Å². The molecule has 1 saturated heterocycles. The Labute approximate surface area is 184 Å². The summed E-state index contributed by atoms with van der Waals surface area (Å²) in [5.74, 6) is -0.260. The lowest BCUT2D eigenvalue weighted by molar-refractivity contribution is -0.130. The van der Waals surface area contributed by atoms with E-state index in [0.717, 1.165) is 10.4 Å². The first-order valence-electron chi connectivity index (χ1n) is 10.2. The highest BCUT2D eigenvalue weighted by atomic mass is 32.1. The van der Waals surface area contributed by atoms with Crippen molar-refractivity contribution in [2.24, 2.45) is 5.92 Å². The summed E-state index contributed by atoms with van der Waals surface area (Å²) in [7, 11) is 0. The van der Waals surface area contributed by atoms with Gasteiger partial charge >= 0.3 is 0 Å². The van der Waals surface area contributed by atoms with E-state index in [0.29, 0.717) is 24.3 Å². The number of amides is 2. The molecule has 1 fully saturated rings. The van der Waals surface area contributed by atoms with Crippen LogP contribution in [0.3, 0.4) is 0 Å². The Bertz CT molecular complexity index is 1090. The van der Waals surface area contributed by atoms with Gasteiger partial charge in [-0.2, -0.15) is 0 Å².